The lowest BCUT2D eigenvalue weighted by atomic mass is 10.1. The molecule has 15 heavy (non-hydrogen) atoms. The normalized spacial score (nSPS) is 20.9. The molecule has 2 heterocycles. The molecule has 1 atom stereocenters. The maximum atomic E-state index is 4.97. The molecule has 2 rings (SSSR count). The van der Waals surface area contributed by atoms with Crippen molar-refractivity contribution in [3.05, 3.63) is 31.2 Å². The van der Waals surface area contributed by atoms with Gasteiger partial charge in [0, 0.05) is 6.42 Å². The van der Waals surface area contributed by atoms with E-state index < -0.39 is 0 Å². The fourth-order valence-electron chi connectivity index (χ4n) is 1.60. The molecule has 4 nitrogen and oxygen atoms in total. The molecule has 0 bridgehead atoms. The monoisotopic (exact) mass is 205 g/mol. The summed E-state index contributed by atoms with van der Waals surface area (Å²) < 4.78 is 4.97. The van der Waals surface area contributed by atoms with Crippen LogP contribution in [0.15, 0.2) is 18.5 Å². The van der Waals surface area contributed by atoms with Crippen molar-refractivity contribution in [1.29, 1.82) is 0 Å². The lowest BCUT2D eigenvalue weighted by Gasteiger charge is -2.24. The Morgan fingerprint density at radius 1 is 1.40 bits per heavy atom. The van der Waals surface area contributed by atoms with Crippen molar-refractivity contribution in [2.24, 2.45) is 0 Å². The van der Waals surface area contributed by atoms with Crippen LogP contribution in [0, 0.1) is 7.05 Å². The zero-order chi connectivity index (χ0) is 10.7. The summed E-state index contributed by atoms with van der Waals surface area (Å²) in [5.74, 6) is 0.555. The van der Waals surface area contributed by atoms with Crippen LogP contribution in [0.25, 0.3) is 5.57 Å². The van der Waals surface area contributed by atoms with E-state index in [1.165, 1.54) is 10.5 Å². The minimum atomic E-state index is 0.555. The molecule has 1 aliphatic heterocycles. The van der Waals surface area contributed by atoms with E-state index in [0.717, 1.165) is 25.2 Å². The summed E-state index contributed by atoms with van der Waals surface area (Å²) in [6, 6.07) is 0. The molecule has 80 valence electrons. The zero-order valence-corrected chi connectivity index (χ0v) is 8.86. The highest BCUT2D eigenvalue weighted by molar-refractivity contribution is 5.62. The molecule has 4 heteroatoms. The Morgan fingerprint density at radius 2 is 2.27 bits per heavy atom. The SMILES string of the molecule is [CH2-][NH+]1CC=C(c2cnc(OC)cn2)CC1. The standard InChI is InChI=1S/C11H15N3O/c1-14-5-3-9(4-6-14)10-7-13-11(15-2)8-12-10/h3,7-8,14H,1,4-6H2,2H3. The first-order chi connectivity index (χ1) is 7.29. The average molecular weight is 205 g/mol. The molecule has 0 aliphatic carbocycles. The van der Waals surface area contributed by atoms with Crippen LogP contribution in [-0.4, -0.2) is 30.2 Å². The van der Waals surface area contributed by atoms with Gasteiger partial charge in [0.05, 0.1) is 38.3 Å². The van der Waals surface area contributed by atoms with E-state index in [-0.39, 0.29) is 0 Å². The summed E-state index contributed by atoms with van der Waals surface area (Å²) in [4.78, 5) is 9.75. The van der Waals surface area contributed by atoms with E-state index in [2.05, 4.69) is 23.1 Å². The molecule has 1 aromatic rings. The van der Waals surface area contributed by atoms with Crippen LogP contribution in [0.1, 0.15) is 12.1 Å². The third-order valence-corrected chi connectivity index (χ3v) is 2.55. The highest BCUT2D eigenvalue weighted by Gasteiger charge is 2.10. The van der Waals surface area contributed by atoms with Crippen LogP contribution in [0.3, 0.4) is 0 Å². The van der Waals surface area contributed by atoms with Crippen molar-refractivity contribution in [2.45, 2.75) is 6.42 Å². The lowest BCUT2D eigenvalue weighted by molar-refractivity contribution is -0.848. The van der Waals surface area contributed by atoms with Crippen LogP contribution >= 0.6 is 0 Å². The number of nitrogens with one attached hydrogen (secondary N) is 1. The molecular formula is C11H15N3O. The minimum Gasteiger partial charge on any atom is -0.480 e. The van der Waals surface area contributed by atoms with Gasteiger partial charge in [-0.25, -0.2) is 9.97 Å². The van der Waals surface area contributed by atoms with E-state index in [4.69, 9.17) is 4.74 Å². The number of ether oxygens (including phenoxy) is 1. The summed E-state index contributed by atoms with van der Waals surface area (Å²) in [5, 5.41) is 0. The molecule has 0 saturated carbocycles. The molecule has 0 aromatic carbocycles. The third-order valence-electron chi connectivity index (χ3n) is 2.55. The van der Waals surface area contributed by atoms with Gasteiger partial charge >= 0.3 is 0 Å². The molecule has 1 N–H and O–H groups in total. The second-order valence-corrected chi connectivity index (χ2v) is 3.63. The van der Waals surface area contributed by atoms with E-state index in [1.807, 2.05) is 0 Å². The summed E-state index contributed by atoms with van der Waals surface area (Å²) in [5.41, 5.74) is 2.21. The molecule has 0 fully saturated rings. The van der Waals surface area contributed by atoms with Crippen molar-refractivity contribution >= 4 is 5.57 Å². The first kappa shape index (κ1) is 10.1. The fourth-order valence-corrected chi connectivity index (χ4v) is 1.60. The molecule has 1 unspecified atom stereocenters. The number of aromatic nitrogens is 2. The highest BCUT2D eigenvalue weighted by Crippen LogP contribution is 2.16. The van der Waals surface area contributed by atoms with Crippen LogP contribution < -0.4 is 9.64 Å². The number of quaternary nitrogens is 1. The number of nitrogens with zero attached hydrogens (tertiary/aromatic N) is 2. The van der Waals surface area contributed by atoms with Gasteiger partial charge < -0.3 is 9.64 Å². The number of hydrogen-bond donors (Lipinski definition) is 1. The Kier molecular flexibility index (Phi) is 2.97. The maximum absolute atomic E-state index is 4.97. The average Bonchev–Trinajstić information content (AvgIpc) is 2.30. The highest BCUT2D eigenvalue weighted by atomic mass is 16.5. The maximum Gasteiger partial charge on any atom is 0.232 e. The molecule has 0 amide bonds. The van der Waals surface area contributed by atoms with Crippen molar-refractivity contribution in [1.82, 2.24) is 9.97 Å². The summed E-state index contributed by atoms with van der Waals surface area (Å²) in [7, 11) is 5.56. The van der Waals surface area contributed by atoms with E-state index >= 15 is 0 Å². The zero-order valence-electron chi connectivity index (χ0n) is 8.86. The predicted molar refractivity (Wildman–Crippen MR) is 57.2 cm³/mol. The van der Waals surface area contributed by atoms with Crippen molar-refractivity contribution in [3.63, 3.8) is 0 Å². The van der Waals surface area contributed by atoms with E-state index in [1.54, 1.807) is 19.5 Å². The van der Waals surface area contributed by atoms with Crippen molar-refractivity contribution in [2.75, 3.05) is 20.2 Å². The Balaban J connectivity index is 2.16. The first-order valence-electron chi connectivity index (χ1n) is 5.01. The molecule has 1 aromatic heterocycles. The van der Waals surface area contributed by atoms with E-state index in [9.17, 15) is 0 Å². The second kappa shape index (κ2) is 4.40. The quantitative estimate of drug-likeness (QED) is 0.688. The largest absolute Gasteiger partial charge is 0.480 e. The van der Waals surface area contributed by atoms with Gasteiger partial charge in [-0.15, -0.1) is 0 Å². The third kappa shape index (κ3) is 2.33. The van der Waals surface area contributed by atoms with Gasteiger partial charge in [-0.2, -0.15) is 7.05 Å². The molecular weight excluding hydrogens is 190 g/mol. The molecule has 0 radical (unpaired) electrons. The van der Waals surface area contributed by atoms with Crippen LogP contribution in [-0.2, 0) is 0 Å². The van der Waals surface area contributed by atoms with Crippen molar-refractivity contribution in [3.8, 4) is 5.88 Å². The van der Waals surface area contributed by atoms with Gasteiger partial charge in [0.2, 0.25) is 5.88 Å². The van der Waals surface area contributed by atoms with Gasteiger partial charge in [-0.3, -0.25) is 0 Å². The van der Waals surface area contributed by atoms with Crippen LogP contribution in [0.2, 0.25) is 0 Å². The number of hydrogen-bond acceptors (Lipinski definition) is 3. The number of methoxy groups -OCH3 is 1. The Labute approximate surface area is 89.6 Å². The summed E-state index contributed by atoms with van der Waals surface area (Å²) >= 11 is 0. The van der Waals surface area contributed by atoms with Gasteiger partial charge in [0.25, 0.3) is 0 Å². The minimum absolute atomic E-state index is 0.555. The van der Waals surface area contributed by atoms with E-state index in [0.29, 0.717) is 5.88 Å². The van der Waals surface area contributed by atoms with Gasteiger partial charge in [0.15, 0.2) is 0 Å². The Bertz CT molecular complexity index is 359. The smallest absolute Gasteiger partial charge is 0.232 e. The van der Waals surface area contributed by atoms with Gasteiger partial charge in [-0.05, 0) is 11.6 Å². The van der Waals surface area contributed by atoms with Crippen molar-refractivity contribution < 1.29 is 9.64 Å². The Morgan fingerprint density at radius 3 is 2.80 bits per heavy atom. The number of rotatable bonds is 2. The van der Waals surface area contributed by atoms with Crippen LogP contribution in [0.5, 0.6) is 5.88 Å². The topological polar surface area (TPSA) is 39.5 Å². The summed E-state index contributed by atoms with van der Waals surface area (Å²) in [6.07, 6.45) is 6.61. The Hall–Kier alpha value is -1.42. The fraction of sp³-hybridized carbons (Fsp3) is 0.364. The predicted octanol–water partition coefficient (Wildman–Crippen LogP) is -0.0512. The first-order valence-corrected chi connectivity index (χ1v) is 5.01. The van der Waals surface area contributed by atoms with Gasteiger partial charge in [0.1, 0.15) is 0 Å². The lowest BCUT2D eigenvalue weighted by Crippen LogP contribution is -3.07. The second-order valence-electron chi connectivity index (χ2n) is 3.63. The molecule has 0 saturated heterocycles. The summed E-state index contributed by atoms with van der Waals surface area (Å²) in [6.45, 7) is 2.02. The van der Waals surface area contributed by atoms with Gasteiger partial charge in [-0.1, -0.05) is 0 Å². The molecule has 0 spiro atoms. The van der Waals surface area contributed by atoms with Crippen LogP contribution in [0.4, 0.5) is 0 Å². The molecule has 1 aliphatic rings.